The Balaban J connectivity index is 2.39. The second kappa shape index (κ2) is 3.25. The van der Waals surface area contributed by atoms with Crippen LogP contribution >= 0.6 is 11.8 Å². The molecule has 1 atom stereocenters. The lowest BCUT2D eigenvalue weighted by Crippen LogP contribution is -2.20. The second-order valence-electron chi connectivity index (χ2n) is 2.44. The van der Waals surface area contributed by atoms with Crippen LogP contribution in [-0.4, -0.2) is 17.3 Å². The number of hydrogen-bond acceptors (Lipinski definition) is 2. The van der Waals surface area contributed by atoms with Crippen LogP contribution in [-0.2, 0) is 4.79 Å². The van der Waals surface area contributed by atoms with Gasteiger partial charge < -0.3 is 0 Å². The molecular formula is C7H12OS. The topological polar surface area (TPSA) is 17.1 Å². The number of thioether (sulfide) groups is 1. The zero-order chi connectivity index (χ0) is 6.69. The van der Waals surface area contributed by atoms with E-state index in [1.54, 1.807) is 11.8 Å². The van der Waals surface area contributed by atoms with Gasteiger partial charge in [0, 0.05) is 6.42 Å². The quantitative estimate of drug-likeness (QED) is 0.558. The maximum Gasteiger partial charge on any atom is 0.145 e. The highest BCUT2D eigenvalue weighted by Crippen LogP contribution is 2.23. The minimum absolute atomic E-state index is 0.332. The molecule has 0 heterocycles. The average Bonchev–Trinajstić information content (AvgIpc) is 1.89. The van der Waals surface area contributed by atoms with Crippen LogP contribution in [0.3, 0.4) is 0 Å². The molecule has 2 heteroatoms. The van der Waals surface area contributed by atoms with Crippen LogP contribution in [0.1, 0.15) is 25.7 Å². The van der Waals surface area contributed by atoms with E-state index in [2.05, 4.69) is 0 Å². The smallest absolute Gasteiger partial charge is 0.145 e. The van der Waals surface area contributed by atoms with Crippen LogP contribution in [0.5, 0.6) is 0 Å². The number of rotatable bonds is 1. The molecule has 0 amide bonds. The number of Topliss-reactive ketones (excluding diaryl/α,β-unsaturated/α-hetero) is 1. The van der Waals surface area contributed by atoms with Crippen molar-refractivity contribution in [2.45, 2.75) is 30.9 Å². The van der Waals surface area contributed by atoms with Gasteiger partial charge in [-0.2, -0.15) is 11.8 Å². The lowest BCUT2D eigenvalue weighted by molar-refractivity contribution is -0.119. The van der Waals surface area contributed by atoms with Crippen LogP contribution < -0.4 is 0 Å². The molecule has 1 aliphatic rings. The SMILES string of the molecule is CS[C@H]1CCCCC1=O. The van der Waals surface area contributed by atoms with Crippen LogP contribution in [0.4, 0.5) is 0 Å². The van der Waals surface area contributed by atoms with E-state index in [4.69, 9.17) is 0 Å². The molecule has 0 bridgehead atoms. The third kappa shape index (κ3) is 1.71. The summed E-state index contributed by atoms with van der Waals surface area (Å²) in [5, 5.41) is 0.332. The molecule has 1 nitrogen and oxygen atoms in total. The maximum atomic E-state index is 11.0. The Morgan fingerprint density at radius 3 is 2.78 bits per heavy atom. The monoisotopic (exact) mass is 144 g/mol. The van der Waals surface area contributed by atoms with E-state index in [0.29, 0.717) is 11.0 Å². The molecule has 0 radical (unpaired) electrons. The molecule has 0 spiro atoms. The van der Waals surface area contributed by atoms with E-state index in [9.17, 15) is 4.79 Å². The fourth-order valence-electron chi connectivity index (χ4n) is 1.20. The zero-order valence-electron chi connectivity index (χ0n) is 5.72. The molecule has 1 fully saturated rings. The standard InChI is InChI=1S/C7H12OS/c1-9-7-5-3-2-4-6(7)8/h7H,2-5H2,1H3/t7-/m0/s1. The molecule has 0 unspecified atom stereocenters. The lowest BCUT2D eigenvalue weighted by Gasteiger charge is -2.17. The van der Waals surface area contributed by atoms with Gasteiger partial charge in [-0.25, -0.2) is 0 Å². The van der Waals surface area contributed by atoms with Gasteiger partial charge in [0.15, 0.2) is 0 Å². The van der Waals surface area contributed by atoms with Crippen molar-refractivity contribution < 1.29 is 4.79 Å². The second-order valence-corrected chi connectivity index (χ2v) is 3.48. The van der Waals surface area contributed by atoms with E-state index >= 15 is 0 Å². The molecule has 0 N–H and O–H groups in total. The van der Waals surface area contributed by atoms with E-state index < -0.39 is 0 Å². The molecule has 0 aliphatic heterocycles. The molecule has 0 aromatic heterocycles. The third-order valence-corrected chi connectivity index (χ3v) is 2.85. The van der Waals surface area contributed by atoms with Crippen molar-refractivity contribution in [2.24, 2.45) is 0 Å². The lowest BCUT2D eigenvalue weighted by atomic mass is 9.99. The number of hydrogen-bond donors (Lipinski definition) is 0. The van der Waals surface area contributed by atoms with Crippen molar-refractivity contribution >= 4 is 17.5 Å². The minimum Gasteiger partial charge on any atom is -0.298 e. The van der Waals surface area contributed by atoms with Crippen LogP contribution in [0.2, 0.25) is 0 Å². The predicted octanol–water partition coefficient (Wildman–Crippen LogP) is 1.86. The van der Waals surface area contributed by atoms with Crippen LogP contribution in [0.25, 0.3) is 0 Å². The Kier molecular flexibility index (Phi) is 2.58. The first-order valence-corrected chi connectivity index (χ1v) is 4.69. The van der Waals surface area contributed by atoms with E-state index in [1.807, 2.05) is 6.26 Å². The Morgan fingerprint density at radius 1 is 1.56 bits per heavy atom. The van der Waals surface area contributed by atoms with E-state index in [0.717, 1.165) is 19.3 Å². The molecule has 0 saturated heterocycles. The normalized spacial score (nSPS) is 28.6. The number of carbonyl (C=O) groups is 1. The summed E-state index contributed by atoms with van der Waals surface area (Å²) in [7, 11) is 0. The molecule has 1 rings (SSSR count). The first kappa shape index (κ1) is 7.13. The molecular weight excluding hydrogens is 132 g/mol. The van der Waals surface area contributed by atoms with Gasteiger partial charge in [0.2, 0.25) is 0 Å². The van der Waals surface area contributed by atoms with Gasteiger partial charge in [0.1, 0.15) is 5.78 Å². The van der Waals surface area contributed by atoms with Gasteiger partial charge in [0.25, 0.3) is 0 Å². The fourth-order valence-corrected chi connectivity index (χ4v) is 1.98. The van der Waals surface area contributed by atoms with Gasteiger partial charge in [-0.3, -0.25) is 4.79 Å². The highest BCUT2D eigenvalue weighted by Gasteiger charge is 2.20. The summed E-state index contributed by atoms with van der Waals surface area (Å²) in [6.45, 7) is 0. The maximum absolute atomic E-state index is 11.0. The Bertz CT molecular complexity index is 111. The summed E-state index contributed by atoms with van der Waals surface area (Å²) < 4.78 is 0. The average molecular weight is 144 g/mol. The largest absolute Gasteiger partial charge is 0.298 e. The van der Waals surface area contributed by atoms with E-state index in [-0.39, 0.29) is 0 Å². The molecule has 52 valence electrons. The van der Waals surface area contributed by atoms with Gasteiger partial charge in [-0.05, 0) is 19.1 Å². The summed E-state index contributed by atoms with van der Waals surface area (Å²) >= 11 is 1.70. The molecule has 0 aromatic carbocycles. The summed E-state index contributed by atoms with van der Waals surface area (Å²) in [5.74, 6) is 0.466. The first-order valence-electron chi connectivity index (χ1n) is 3.40. The molecule has 1 saturated carbocycles. The highest BCUT2D eigenvalue weighted by atomic mass is 32.2. The summed E-state index contributed by atoms with van der Waals surface area (Å²) in [4.78, 5) is 11.0. The first-order chi connectivity index (χ1) is 4.34. The van der Waals surface area contributed by atoms with Gasteiger partial charge >= 0.3 is 0 Å². The van der Waals surface area contributed by atoms with Crippen molar-refractivity contribution in [1.29, 1.82) is 0 Å². The molecule has 1 aliphatic carbocycles. The number of carbonyl (C=O) groups excluding carboxylic acids is 1. The van der Waals surface area contributed by atoms with Gasteiger partial charge in [-0.1, -0.05) is 6.42 Å². The Hall–Kier alpha value is 0.0200. The molecule has 0 aromatic rings. The Labute approximate surface area is 60.2 Å². The van der Waals surface area contributed by atoms with Crippen molar-refractivity contribution in [3.05, 3.63) is 0 Å². The van der Waals surface area contributed by atoms with Gasteiger partial charge in [-0.15, -0.1) is 0 Å². The summed E-state index contributed by atoms with van der Waals surface area (Å²) in [6, 6.07) is 0. The third-order valence-electron chi connectivity index (χ3n) is 1.78. The number of ketones is 1. The Morgan fingerprint density at radius 2 is 2.33 bits per heavy atom. The highest BCUT2D eigenvalue weighted by molar-refractivity contribution is 7.99. The fraction of sp³-hybridized carbons (Fsp3) is 0.857. The van der Waals surface area contributed by atoms with Crippen molar-refractivity contribution in [1.82, 2.24) is 0 Å². The van der Waals surface area contributed by atoms with Crippen molar-refractivity contribution in [3.63, 3.8) is 0 Å². The summed E-state index contributed by atoms with van der Waals surface area (Å²) in [6.07, 6.45) is 6.33. The minimum atomic E-state index is 0.332. The van der Waals surface area contributed by atoms with Crippen LogP contribution in [0, 0.1) is 0 Å². The van der Waals surface area contributed by atoms with Gasteiger partial charge in [0.05, 0.1) is 5.25 Å². The molecule has 9 heavy (non-hydrogen) atoms. The predicted molar refractivity (Wildman–Crippen MR) is 40.8 cm³/mol. The van der Waals surface area contributed by atoms with Crippen LogP contribution in [0.15, 0.2) is 0 Å². The van der Waals surface area contributed by atoms with Crippen molar-refractivity contribution in [2.75, 3.05) is 6.26 Å². The van der Waals surface area contributed by atoms with Crippen molar-refractivity contribution in [3.8, 4) is 0 Å². The zero-order valence-corrected chi connectivity index (χ0v) is 6.54. The summed E-state index contributed by atoms with van der Waals surface area (Å²) in [5.41, 5.74) is 0. The van der Waals surface area contributed by atoms with E-state index in [1.165, 1.54) is 6.42 Å².